The number of hydrogen-bond donors (Lipinski definition) is 0. The van der Waals surface area contributed by atoms with Gasteiger partial charge in [0.2, 0.25) is 0 Å². The van der Waals surface area contributed by atoms with E-state index in [1.807, 2.05) is 0 Å². The molecule has 6 heteroatoms. The predicted octanol–water partition coefficient (Wildman–Crippen LogP) is 2.93. The molecule has 76 valence electrons. The van der Waals surface area contributed by atoms with Gasteiger partial charge in [-0.15, -0.1) is 9.05 Å². The quantitative estimate of drug-likeness (QED) is 0.471. The van der Waals surface area contributed by atoms with E-state index in [1.165, 1.54) is 0 Å². The number of unbranched alkanes of at least 4 members (excludes halogenated alkanes) is 2. The molecule has 0 bridgehead atoms. The smallest absolute Gasteiger partial charge is 0.147 e. The zero-order chi connectivity index (χ0) is 10.1. The Kier molecular flexibility index (Phi) is 8.79. The molecule has 0 aromatic heterocycles. The van der Waals surface area contributed by atoms with E-state index in [1.54, 1.807) is 13.3 Å². The van der Waals surface area contributed by atoms with Crippen LogP contribution >= 0.6 is 16.1 Å². The topological polar surface area (TPSA) is 52.6 Å². The molecule has 13 heavy (non-hydrogen) atoms. The second kappa shape index (κ2) is 8.71. The Bertz CT molecular complexity index is 154. The van der Waals surface area contributed by atoms with Gasteiger partial charge in [0.1, 0.15) is 13.2 Å². The molecule has 0 aliphatic heterocycles. The van der Waals surface area contributed by atoms with Crippen LogP contribution in [0.1, 0.15) is 19.3 Å². The molecular weight excluding hydrogens is 210 g/mol. The second-order valence-electron chi connectivity index (χ2n) is 2.61. The fourth-order valence-electron chi connectivity index (χ4n) is 0.767. The highest BCUT2D eigenvalue weighted by atomic mass is 31.1. The van der Waals surface area contributed by atoms with Crippen molar-refractivity contribution >= 4 is 16.1 Å². The maximum atomic E-state index is 10.5. The fraction of sp³-hybridized carbons (Fsp3) is 1.00. The van der Waals surface area contributed by atoms with Crippen LogP contribution in [-0.2, 0) is 18.2 Å². The van der Waals surface area contributed by atoms with Gasteiger partial charge in [-0.05, 0) is 28.4 Å². The van der Waals surface area contributed by atoms with Crippen molar-refractivity contribution in [1.29, 1.82) is 0 Å². The first-order valence-corrected chi connectivity index (χ1v) is 7.45. The molecule has 0 spiro atoms. The van der Waals surface area contributed by atoms with E-state index in [0.717, 1.165) is 19.3 Å². The summed E-state index contributed by atoms with van der Waals surface area (Å²) >= 11 is 0. The van der Waals surface area contributed by atoms with Gasteiger partial charge in [0.15, 0.2) is 13.3 Å². The monoisotopic (exact) mass is 226 g/mol. The summed E-state index contributed by atoms with van der Waals surface area (Å²) in [7, 11) is -2.93. The largest absolute Gasteiger partial charge is 0.504 e. The normalized spacial score (nSPS) is 12.8. The molecule has 0 aliphatic rings. The van der Waals surface area contributed by atoms with Gasteiger partial charge in [-0.25, -0.2) is 0 Å². The van der Waals surface area contributed by atoms with Gasteiger partial charge in [0, 0.05) is 0 Å². The molecule has 0 aromatic carbocycles. The lowest BCUT2D eigenvalue weighted by molar-refractivity contribution is 0.294. The van der Waals surface area contributed by atoms with Gasteiger partial charge < -0.3 is 0 Å². The zero-order valence-electron chi connectivity index (χ0n) is 8.06. The van der Waals surface area contributed by atoms with Crippen molar-refractivity contribution in [3.63, 3.8) is 0 Å². The first-order valence-electron chi connectivity index (χ1n) is 4.20. The molecule has 0 aliphatic carbocycles. The first kappa shape index (κ1) is 13.1. The first-order chi connectivity index (χ1) is 6.13. The Hall–Kier alpha value is 0.120. The molecule has 0 saturated carbocycles. The molecule has 0 saturated heterocycles. The van der Waals surface area contributed by atoms with Crippen molar-refractivity contribution in [2.24, 2.45) is 0 Å². The summed E-state index contributed by atoms with van der Waals surface area (Å²) in [5, 5.41) is 0. The Morgan fingerprint density at radius 1 is 0.846 bits per heavy atom. The molecule has 0 amide bonds. The maximum Gasteiger partial charge on any atom is 0.504 e. The molecule has 2 atom stereocenters. The van der Waals surface area contributed by atoms with Crippen LogP contribution in [0.3, 0.4) is 0 Å². The maximum absolute atomic E-state index is 10.5. The van der Waals surface area contributed by atoms with Gasteiger partial charge in [-0.3, -0.25) is 0 Å². The molecule has 0 radical (unpaired) electrons. The molecule has 0 aromatic rings. The number of hydrogen-bond acceptors (Lipinski definition) is 4. The number of rotatable bonds is 8. The standard InChI is InChI=1S/C7H16O4P2/c1-12(8)10-6-4-3-5-7-11-13(2)9/h3-7H2,1-2H3/q+2. The van der Waals surface area contributed by atoms with Crippen molar-refractivity contribution in [2.45, 2.75) is 19.3 Å². The SMILES string of the molecule is C[P+](=O)OCCCCCO[P+](C)=O. The van der Waals surface area contributed by atoms with Crippen molar-refractivity contribution in [2.75, 3.05) is 26.5 Å². The van der Waals surface area contributed by atoms with Crippen LogP contribution in [0.2, 0.25) is 0 Å². The Labute approximate surface area is 80.7 Å². The van der Waals surface area contributed by atoms with Crippen LogP contribution in [0.15, 0.2) is 0 Å². The van der Waals surface area contributed by atoms with Crippen molar-refractivity contribution in [1.82, 2.24) is 0 Å². The van der Waals surface area contributed by atoms with Crippen LogP contribution in [-0.4, -0.2) is 26.5 Å². The Balaban J connectivity index is 3.00. The summed E-state index contributed by atoms with van der Waals surface area (Å²) in [5.41, 5.74) is 0. The lowest BCUT2D eigenvalue weighted by atomic mass is 10.2. The summed E-state index contributed by atoms with van der Waals surface area (Å²) < 4.78 is 30.7. The van der Waals surface area contributed by atoms with E-state index in [9.17, 15) is 9.13 Å². The van der Waals surface area contributed by atoms with Crippen molar-refractivity contribution in [3.8, 4) is 0 Å². The molecule has 2 unspecified atom stereocenters. The average molecular weight is 226 g/mol. The van der Waals surface area contributed by atoms with Crippen molar-refractivity contribution < 1.29 is 18.2 Å². The predicted molar refractivity (Wildman–Crippen MR) is 52.8 cm³/mol. The third-order valence-electron chi connectivity index (χ3n) is 1.33. The summed E-state index contributed by atoms with van der Waals surface area (Å²) in [5.74, 6) is 0. The lowest BCUT2D eigenvalue weighted by Gasteiger charge is -1.93. The molecular formula is C7H16O4P2+2. The van der Waals surface area contributed by atoms with Gasteiger partial charge in [-0.2, -0.15) is 0 Å². The van der Waals surface area contributed by atoms with Crippen LogP contribution in [0.25, 0.3) is 0 Å². The summed E-state index contributed by atoms with van der Waals surface area (Å²) in [6.45, 7) is 4.15. The second-order valence-corrected chi connectivity index (χ2v) is 4.88. The van der Waals surface area contributed by atoms with E-state index in [-0.39, 0.29) is 0 Å². The van der Waals surface area contributed by atoms with E-state index >= 15 is 0 Å². The van der Waals surface area contributed by atoms with Crippen LogP contribution in [0, 0.1) is 0 Å². The van der Waals surface area contributed by atoms with Gasteiger partial charge >= 0.3 is 16.1 Å². The highest BCUT2D eigenvalue weighted by molar-refractivity contribution is 7.38. The third-order valence-corrected chi connectivity index (χ3v) is 2.43. The summed E-state index contributed by atoms with van der Waals surface area (Å²) in [4.78, 5) is 0. The van der Waals surface area contributed by atoms with E-state index in [4.69, 9.17) is 9.05 Å². The third kappa shape index (κ3) is 12.1. The summed E-state index contributed by atoms with van der Waals surface area (Å²) in [6, 6.07) is 0. The van der Waals surface area contributed by atoms with E-state index in [2.05, 4.69) is 0 Å². The van der Waals surface area contributed by atoms with Crippen LogP contribution in [0.4, 0.5) is 0 Å². The van der Waals surface area contributed by atoms with Gasteiger partial charge in [0.25, 0.3) is 0 Å². The molecule has 0 fully saturated rings. The highest BCUT2D eigenvalue weighted by Gasteiger charge is 2.07. The highest BCUT2D eigenvalue weighted by Crippen LogP contribution is 2.17. The average Bonchev–Trinajstić information content (AvgIpc) is 2.01. The minimum atomic E-state index is -1.46. The Morgan fingerprint density at radius 3 is 1.54 bits per heavy atom. The molecule has 4 nitrogen and oxygen atoms in total. The molecule has 0 N–H and O–H groups in total. The van der Waals surface area contributed by atoms with Gasteiger partial charge in [0.05, 0.1) is 0 Å². The lowest BCUT2D eigenvalue weighted by Crippen LogP contribution is -1.90. The molecule has 0 heterocycles. The summed E-state index contributed by atoms with van der Waals surface area (Å²) in [6.07, 6.45) is 2.70. The van der Waals surface area contributed by atoms with Crippen LogP contribution < -0.4 is 0 Å². The van der Waals surface area contributed by atoms with Crippen LogP contribution in [0.5, 0.6) is 0 Å². The molecule has 0 rings (SSSR count). The zero-order valence-corrected chi connectivity index (χ0v) is 9.85. The van der Waals surface area contributed by atoms with E-state index in [0.29, 0.717) is 13.2 Å². The fourth-order valence-corrected chi connectivity index (χ4v) is 1.54. The Morgan fingerprint density at radius 2 is 1.23 bits per heavy atom. The minimum Gasteiger partial charge on any atom is -0.147 e. The van der Waals surface area contributed by atoms with Crippen molar-refractivity contribution in [3.05, 3.63) is 0 Å². The van der Waals surface area contributed by atoms with Gasteiger partial charge in [-0.1, -0.05) is 0 Å². The minimum absolute atomic E-state index is 0.532. The van der Waals surface area contributed by atoms with E-state index < -0.39 is 16.1 Å².